The average molecular weight is 333 g/mol. The Hall–Kier alpha value is -1.78. The van der Waals surface area contributed by atoms with Crippen LogP contribution in [0.25, 0.3) is 0 Å². The molecule has 3 rings (SSSR count). The number of ether oxygens (including phenoxy) is 1. The first-order valence-corrected chi connectivity index (χ1v) is 8.24. The van der Waals surface area contributed by atoms with Gasteiger partial charge in [-0.2, -0.15) is 0 Å². The minimum Gasteiger partial charge on any atom is -0.486 e. The van der Waals surface area contributed by atoms with Gasteiger partial charge in [-0.3, -0.25) is 9.69 Å². The summed E-state index contributed by atoms with van der Waals surface area (Å²) in [6.07, 6.45) is 2.81. The molecule has 0 saturated carbocycles. The standard InChI is InChI=1S/C18H21ClN2O2/c1-18(23-16-7-5-15(19)6-8-16)9-11-20(14-18)12-13-21-10-3-2-4-17(21)22/h2-8,10H,9,11-14H2,1H3. The third-order valence-electron chi connectivity index (χ3n) is 4.25. The van der Waals surface area contributed by atoms with Crippen molar-refractivity contribution in [1.82, 2.24) is 9.47 Å². The highest BCUT2D eigenvalue weighted by atomic mass is 35.5. The number of hydrogen-bond donors (Lipinski definition) is 0. The molecule has 1 fully saturated rings. The maximum atomic E-state index is 11.7. The van der Waals surface area contributed by atoms with Crippen LogP contribution in [0.15, 0.2) is 53.5 Å². The van der Waals surface area contributed by atoms with Gasteiger partial charge in [-0.15, -0.1) is 0 Å². The number of rotatable bonds is 5. The van der Waals surface area contributed by atoms with E-state index < -0.39 is 0 Å². The minimum atomic E-state index is -0.199. The number of aromatic nitrogens is 1. The van der Waals surface area contributed by atoms with Crippen LogP contribution >= 0.6 is 11.6 Å². The molecule has 1 atom stereocenters. The van der Waals surface area contributed by atoms with E-state index in [0.29, 0.717) is 11.6 Å². The van der Waals surface area contributed by atoms with Crippen molar-refractivity contribution in [2.24, 2.45) is 0 Å². The van der Waals surface area contributed by atoms with Gasteiger partial charge >= 0.3 is 0 Å². The normalized spacial score (nSPS) is 21.5. The summed E-state index contributed by atoms with van der Waals surface area (Å²) in [6.45, 7) is 5.53. The van der Waals surface area contributed by atoms with Gasteiger partial charge in [0.1, 0.15) is 11.4 Å². The molecule has 4 nitrogen and oxygen atoms in total. The summed E-state index contributed by atoms with van der Waals surface area (Å²) in [5.74, 6) is 0.845. The Morgan fingerprint density at radius 2 is 1.96 bits per heavy atom. The Balaban J connectivity index is 1.56. The van der Waals surface area contributed by atoms with Crippen LogP contribution in [-0.4, -0.2) is 34.7 Å². The summed E-state index contributed by atoms with van der Waals surface area (Å²) < 4.78 is 7.90. The predicted octanol–water partition coefficient (Wildman–Crippen LogP) is 3.05. The molecule has 5 heteroatoms. The van der Waals surface area contributed by atoms with Gasteiger partial charge in [0.25, 0.3) is 5.56 Å². The number of hydrogen-bond acceptors (Lipinski definition) is 3. The van der Waals surface area contributed by atoms with Crippen molar-refractivity contribution in [3.63, 3.8) is 0 Å². The lowest BCUT2D eigenvalue weighted by molar-refractivity contribution is 0.0955. The van der Waals surface area contributed by atoms with E-state index in [1.807, 2.05) is 36.5 Å². The zero-order chi connectivity index (χ0) is 16.3. The molecule has 23 heavy (non-hydrogen) atoms. The molecular formula is C18H21ClN2O2. The molecule has 1 unspecified atom stereocenters. The number of benzene rings is 1. The second kappa shape index (κ2) is 6.77. The lowest BCUT2D eigenvalue weighted by Gasteiger charge is -2.26. The highest BCUT2D eigenvalue weighted by Gasteiger charge is 2.35. The monoisotopic (exact) mass is 332 g/mol. The van der Waals surface area contributed by atoms with Gasteiger partial charge in [-0.05, 0) is 37.3 Å². The van der Waals surface area contributed by atoms with Gasteiger partial charge in [0, 0.05) is 49.9 Å². The van der Waals surface area contributed by atoms with E-state index in [0.717, 1.165) is 31.8 Å². The van der Waals surface area contributed by atoms with Gasteiger partial charge in [0.05, 0.1) is 0 Å². The zero-order valence-electron chi connectivity index (χ0n) is 13.2. The van der Waals surface area contributed by atoms with E-state index in [1.54, 1.807) is 16.7 Å². The summed E-state index contributed by atoms with van der Waals surface area (Å²) in [4.78, 5) is 14.1. The van der Waals surface area contributed by atoms with Gasteiger partial charge in [-0.25, -0.2) is 0 Å². The summed E-state index contributed by atoms with van der Waals surface area (Å²) in [5.41, 5.74) is -0.151. The second-order valence-corrected chi connectivity index (χ2v) is 6.70. The molecule has 1 aromatic heterocycles. The maximum Gasteiger partial charge on any atom is 0.250 e. The number of nitrogens with zero attached hydrogens (tertiary/aromatic N) is 2. The Morgan fingerprint density at radius 3 is 2.70 bits per heavy atom. The molecule has 0 spiro atoms. The lowest BCUT2D eigenvalue weighted by atomic mass is 10.1. The van der Waals surface area contributed by atoms with Gasteiger partial charge in [0.2, 0.25) is 0 Å². The first-order chi connectivity index (χ1) is 11.0. The van der Waals surface area contributed by atoms with Crippen molar-refractivity contribution < 1.29 is 4.74 Å². The largest absolute Gasteiger partial charge is 0.486 e. The molecule has 0 bridgehead atoms. The highest BCUT2D eigenvalue weighted by Crippen LogP contribution is 2.28. The molecule has 1 aliphatic heterocycles. The van der Waals surface area contributed by atoms with Crippen molar-refractivity contribution in [2.75, 3.05) is 19.6 Å². The molecular weight excluding hydrogens is 312 g/mol. The fraction of sp³-hybridized carbons (Fsp3) is 0.389. The molecule has 2 aromatic rings. The van der Waals surface area contributed by atoms with E-state index in [4.69, 9.17) is 16.3 Å². The van der Waals surface area contributed by atoms with Crippen LogP contribution < -0.4 is 10.3 Å². The summed E-state index contributed by atoms with van der Waals surface area (Å²) in [7, 11) is 0. The summed E-state index contributed by atoms with van der Waals surface area (Å²) >= 11 is 5.91. The van der Waals surface area contributed by atoms with E-state index in [-0.39, 0.29) is 11.2 Å². The molecule has 2 heterocycles. The third kappa shape index (κ3) is 4.15. The van der Waals surface area contributed by atoms with Crippen LogP contribution in [0.3, 0.4) is 0 Å². The van der Waals surface area contributed by atoms with Crippen LogP contribution in [0, 0.1) is 0 Å². The van der Waals surface area contributed by atoms with Crippen molar-refractivity contribution in [2.45, 2.75) is 25.5 Å². The first kappa shape index (κ1) is 16.1. The Bertz CT molecular complexity index is 713. The number of halogens is 1. The van der Waals surface area contributed by atoms with Crippen molar-refractivity contribution in [3.8, 4) is 5.75 Å². The van der Waals surface area contributed by atoms with Crippen molar-refractivity contribution >= 4 is 11.6 Å². The maximum absolute atomic E-state index is 11.7. The van der Waals surface area contributed by atoms with E-state index >= 15 is 0 Å². The molecule has 0 N–H and O–H groups in total. The van der Waals surface area contributed by atoms with Crippen LogP contribution in [0.4, 0.5) is 0 Å². The van der Waals surface area contributed by atoms with Gasteiger partial charge in [-0.1, -0.05) is 17.7 Å². The Kier molecular flexibility index (Phi) is 4.74. The molecule has 1 saturated heterocycles. The Morgan fingerprint density at radius 1 is 1.17 bits per heavy atom. The molecule has 0 amide bonds. The Labute approximate surface area is 141 Å². The molecule has 1 aliphatic rings. The molecule has 0 radical (unpaired) electrons. The highest BCUT2D eigenvalue weighted by molar-refractivity contribution is 6.30. The van der Waals surface area contributed by atoms with Crippen LogP contribution in [0.2, 0.25) is 5.02 Å². The zero-order valence-corrected chi connectivity index (χ0v) is 14.0. The van der Waals surface area contributed by atoms with Crippen LogP contribution in [0.5, 0.6) is 5.75 Å². The van der Waals surface area contributed by atoms with Crippen LogP contribution in [-0.2, 0) is 6.54 Å². The summed E-state index contributed by atoms with van der Waals surface area (Å²) in [6, 6.07) is 12.7. The molecule has 122 valence electrons. The molecule has 0 aliphatic carbocycles. The number of likely N-dealkylation sites (tertiary alicyclic amines) is 1. The van der Waals surface area contributed by atoms with E-state index in [2.05, 4.69) is 11.8 Å². The predicted molar refractivity (Wildman–Crippen MR) is 92.2 cm³/mol. The van der Waals surface area contributed by atoms with Gasteiger partial charge < -0.3 is 9.30 Å². The topological polar surface area (TPSA) is 34.5 Å². The fourth-order valence-electron chi connectivity index (χ4n) is 2.98. The molecule has 1 aromatic carbocycles. The third-order valence-corrected chi connectivity index (χ3v) is 4.50. The van der Waals surface area contributed by atoms with E-state index in [1.165, 1.54) is 0 Å². The van der Waals surface area contributed by atoms with Crippen LogP contribution in [0.1, 0.15) is 13.3 Å². The van der Waals surface area contributed by atoms with E-state index in [9.17, 15) is 4.79 Å². The lowest BCUT2D eigenvalue weighted by Crippen LogP contribution is -2.37. The first-order valence-electron chi connectivity index (χ1n) is 7.87. The minimum absolute atomic E-state index is 0.0480. The van der Waals surface area contributed by atoms with Crippen molar-refractivity contribution in [3.05, 3.63) is 64.0 Å². The van der Waals surface area contributed by atoms with Gasteiger partial charge in [0.15, 0.2) is 0 Å². The SMILES string of the molecule is CC1(Oc2ccc(Cl)cc2)CCN(CCn2ccccc2=O)C1. The number of pyridine rings is 1. The van der Waals surface area contributed by atoms with Crippen molar-refractivity contribution in [1.29, 1.82) is 0 Å². The average Bonchev–Trinajstić information content (AvgIpc) is 2.90. The quantitative estimate of drug-likeness (QED) is 0.844. The second-order valence-electron chi connectivity index (χ2n) is 6.26. The fourth-order valence-corrected chi connectivity index (χ4v) is 3.11. The summed E-state index contributed by atoms with van der Waals surface area (Å²) in [5, 5.41) is 0.712. The smallest absolute Gasteiger partial charge is 0.250 e.